The number of phenols is 1. The Kier molecular flexibility index (Phi) is 2.50. The molecule has 2 aromatic heterocycles. The summed E-state index contributed by atoms with van der Waals surface area (Å²) in [7, 11) is 2.95. The number of aromatic amines is 1. The zero-order chi connectivity index (χ0) is 14.4. The van der Waals surface area contributed by atoms with Crippen LogP contribution in [0.25, 0.3) is 22.6 Å². The summed E-state index contributed by atoms with van der Waals surface area (Å²) in [4.78, 5) is 31.0. The van der Waals surface area contributed by atoms with E-state index in [9.17, 15) is 14.7 Å². The van der Waals surface area contributed by atoms with Gasteiger partial charge >= 0.3 is 5.69 Å². The Labute approximate surface area is 112 Å². The quantitative estimate of drug-likeness (QED) is 0.667. The van der Waals surface area contributed by atoms with Gasteiger partial charge in [0.25, 0.3) is 5.56 Å². The summed E-state index contributed by atoms with van der Waals surface area (Å²) < 4.78 is 2.30. The molecule has 7 nitrogen and oxygen atoms in total. The summed E-state index contributed by atoms with van der Waals surface area (Å²) in [6.07, 6.45) is 0. The first-order valence-corrected chi connectivity index (χ1v) is 5.95. The summed E-state index contributed by atoms with van der Waals surface area (Å²) >= 11 is 0. The monoisotopic (exact) mass is 272 g/mol. The van der Waals surface area contributed by atoms with Crippen molar-refractivity contribution in [3.05, 3.63) is 45.1 Å². The highest BCUT2D eigenvalue weighted by Crippen LogP contribution is 2.26. The van der Waals surface area contributed by atoms with E-state index in [4.69, 9.17) is 0 Å². The molecule has 0 bridgehead atoms. The van der Waals surface area contributed by atoms with E-state index >= 15 is 0 Å². The number of H-pyrrole nitrogens is 1. The third-order valence-corrected chi connectivity index (χ3v) is 3.25. The molecule has 0 radical (unpaired) electrons. The van der Waals surface area contributed by atoms with Gasteiger partial charge in [-0.1, -0.05) is 12.1 Å². The molecule has 0 saturated carbocycles. The molecule has 0 atom stereocenters. The maximum atomic E-state index is 12.0. The number of phenolic OH excluding ortho intramolecular Hbond substituents is 1. The maximum absolute atomic E-state index is 12.0. The number of benzene rings is 1. The van der Waals surface area contributed by atoms with Crippen LogP contribution in [0.15, 0.2) is 33.9 Å². The van der Waals surface area contributed by atoms with E-state index in [1.807, 2.05) is 0 Å². The number of aromatic nitrogens is 4. The Morgan fingerprint density at radius 3 is 2.55 bits per heavy atom. The van der Waals surface area contributed by atoms with E-state index in [0.29, 0.717) is 11.4 Å². The minimum atomic E-state index is -0.447. The van der Waals surface area contributed by atoms with Gasteiger partial charge in [-0.25, -0.2) is 9.78 Å². The van der Waals surface area contributed by atoms with Crippen LogP contribution in [0.4, 0.5) is 0 Å². The van der Waals surface area contributed by atoms with Gasteiger partial charge in [0.1, 0.15) is 17.1 Å². The van der Waals surface area contributed by atoms with Gasteiger partial charge in [0.2, 0.25) is 0 Å². The number of imidazole rings is 1. The summed E-state index contributed by atoms with van der Waals surface area (Å²) in [5.74, 6) is 0.393. The molecule has 7 heteroatoms. The minimum absolute atomic E-state index is 0.0494. The highest BCUT2D eigenvalue weighted by Gasteiger charge is 2.15. The standard InChI is InChI=1S/C13H12N4O3/c1-16-11-9(12(19)17(2)13(16)20)14-10(15-11)7-5-3-4-6-8(7)18/h3-6,18H,1-2H3,(H,14,15). The number of aryl methyl sites for hydroxylation is 1. The topological polar surface area (TPSA) is 92.9 Å². The molecule has 0 spiro atoms. The van der Waals surface area contributed by atoms with Crippen molar-refractivity contribution >= 4 is 11.2 Å². The van der Waals surface area contributed by atoms with Crippen molar-refractivity contribution in [3.63, 3.8) is 0 Å². The van der Waals surface area contributed by atoms with Gasteiger partial charge in [-0.15, -0.1) is 0 Å². The summed E-state index contributed by atoms with van der Waals surface area (Å²) in [5, 5.41) is 9.83. The molecule has 20 heavy (non-hydrogen) atoms. The van der Waals surface area contributed by atoms with Gasteiger partial charge in [-0.3, -0.25) is 13.9 Å². The van der Waals surface area contributed by atoms with Gasteiger partial charge in [-0.2, -0.15) is 0 Å². The predicted octanol–water partition coefficient (Wildman–Crippen LogP) is 0.333. The Hall–Kier alpha value is -2.83. The van der Waals surface area contributed by atoms with Gasteiger partial charge in [0.05, 0.1) is 5.56 Å². The second-order valence-corrected chi connectivity index (χ2v) is 4.51. The average Bonchev–Trinajstić information content (AvgIpc) is 2.88. The third-order valence-electron chi connectivity index (χ3n) is 3.25. The Morgan fingerprint density at radius 2 is 1.85 bits per heavy atom. The number of nitrogens with one attached hydrogen (secondary N) is 1. The lowest BCUT2D eigenvalue weighted by atomic mass is 10.2. The molecule has 0 aliphatic rings. The first-order valence-electron chi connectivity index (χ1n) is 5.95. The lowest BCUT2D eigenvalue weighted by Gasteiger charge is -2.00. The van der Waals surface area contributed by atoms with Gasteiger partial charge in [0, 0.05) is 14.1 Å². The van der Waals surface area contributed by atoms with Crippen molar-refractivity contribution in [2.45, 2.75) is 0 Å². The van der Waals surface area contributed by atoms with Crippen LogP contribution in [0.1, 0.15) is 0 Å². The third kappa shape index (κ3) is 1.56. The Bertz CT molecular complexity index is 933. The average molecular weight is 272 g/mol. The number of fused-ring (bicyclic) bond motifs is 1. The predicted molar refractivity (Wildman–Crippen MR) is 73.7 cm³/mol. The van der Waals surface area contributed by atoms with Crippen LogP contribution in [0, 0.1) is 0 Å². The molecule has 3 rings (SSSR count). The first-order chi connectivity index (χ1) is 9.50. The van der Waals surface area contributed by atoms with Crippen LogP contribution in [0.2, 0.25) is 0 Å². The van der Waals surface area contributed by atoms with Crippen molar-refractivity contribution in [2.24, 2.45) is 14.1 Å². The van der Waals surface area contributed by atoms with Crippen LogP contribution in [0.5, 0.6) is 5.75 Å². The molecule has 102 valence electrons. The number of hydrogen-bond acceptors (Lipinski definition) is 4. The van der Waals surface area contributed by atoms with E-state index < -0.39 is 11.2 Å². The van der Waals surface area contributed by atoms with E-state index in [1.54, 1.807) is 25.2 Å². The fourth-order valence-corrected chi connectivity index (χ4v) is 2.13. The largest absolute Gasteiger partial charge is 0.507 e. The molecule has 1 aromatic carbocycles. The number of hydrogen-bond donors (Lipinski definition) is 2. The zero-order valence-electron chi connectivity index (χ0n) is 10.9. The van der Waals surface area contributed by atoms with Crippen molar-refractivity contribution in [1.29, 1.82) is 0 Å². The van der Waals surface area contributed by atoms with Crippen LogP contribution in [0.3, 0.4) is 0 Å². The highest BCUT2D eigenvalue weighted by atomic mass is 16.3. The van der Waals surface area contributed by atoms with Crippen LogP contribution >= 0.6 is 0 Å². The lowest BCUT2D eigenvalue weighted by Crippen LogP contribution is -2.36. The number of aromatic hydroxyl groups is 1. The van der Waals surface area contributed by atoms with E-state index in [0.717, 1.165) is 4.57 Å². The molecule has 0 aliphatic carbocycles. The second kappa shape index (κ2) is 4.09. The molecular formula is C13H12N4O3. The SMILES string of the molecule is Cn1c(=O)c2[nH]c(-c3ccccc3O)nc2n(C)c1=O. The van der Waals surface area contributed by atoms with Crippen LogP contribution in [-0.2, 0) is 14.1 Å². The molecule has 0 aliphatic heterocycles. The van der Waals surface area contributed by atoms with E-state index in [-0.39, 0.29) is 16.9 Å². The zero-order valence-corrected chi connectivity index (χ0v) is 10.9. The number of nitrogens with zero attached hydrogens (tertiary/aromatic N) is 3. The van der Waals surface area contributed by atoms with Crippen LogP contribution < -0.4 is 11.2 Å². The van der Waals surface area contributed by atoms with Gasteiger partial charge in [-0.05, 0) is 12.1 Å². The summed E-state index contributed by atoms with van der Waals surface area (Å²) in [5.41, 5.74) is 0.0671. The fourth-order valence-electron chi connectivity index (χ4n) is 2.13. The molecule has 0 saturated heterocycles. The molecule has 3 aromatic rings. The molecule has 2 heterocycles. The molecule has 0 amide bonds. The molecule has 0 unspecified atom stereocenters. The van der Waals surface area contributed by atoms with E-state index in [1.165, 1.54) is 17.7 Å². The van der Waals surface area contributed by atoms with E-state index in [2.05, 4.69) is 9.97 Å². The van der Waals surface area contributed by atoms with Crippen molar-refractivity contribution in [3.8, 4) is 17.1 Å². The minimum Gasteiger partial charge on any atom is -0.507 e. The smallest absolute Gasteiger partial charge is 0.332 e. The first kappa shape index (κ1) is 12.2. The highest BCUT2D eigenvalue weighted by molar-refractivity contribution is 5.77. The second-order valence-electron chi connectivity index (χ2n) is 4.51. The molecule has 2 N–H and O–H groups in total. The Balaban J connectivity index is 2.41. The summed E-state index contributed by atoms with van der Waals surface area (Å²) in [6.45, 7) is 0. The maximum Gasteiger partial charge on any atom is 0.332 e. The van der Waals surface area contributed by atoms with Crippen LogP contribution in [-0.4, -0.2) is 24.2 Å². The number of rotatable bonds is 1. The van der Waals surface area contributed by atoms with Gasteiger partial charge < -0.3 is 10.1 Å². The Morgan fingerprint density at radius 1 is 1.15 bits per heavy atom. The molecular weight excluding hydrogens is 260 g/mol. The van der Waals surface area contributed by atoms with Crippen molar-refractivity contribution in [2.75, 3.05) is 0 Å². The fraction of sp³-hybridized carbons (Fsp3) is 0.154. The van der Waals surface area contributed by atoms with Crippen molar-refractivity contribution in [1.82, 2.24) is 19.1 Å². The normalized spacial score (nSPS) is 11.1. The van der Waals surface area contributed by atoms with Gasteiger partial charge in [0.15, 0.2) is 5.65 Å². The summed E-state index contributed by atoms with van der Waals surface area (Å²) in [6, 6.07) is 6.64. The van der Waals surface area contributed by atoms with Crippen molar-refractivity contribution < 1.29 is 5.11 Å². The number of para-hydroxylation sites is 1. The molecule has 0 fully saturated rings. The lowest BCUT2D eigenvalue weighted by molar-refractivity contribution is 0.477.